The van der Waals surface area contributed by atoms with Gasteiger partial charge in [0.25, 0.3) is 5.69 Å². The molecule has 1 heterocycles. The molecule has 2 rings (SSSR count). The Bertz CT molecular complexity index is 427. The molecule has 1 N–H and O–H groups in total. The second-order valence-electron chi connectivity index (χ2n) is 4.65. The Kier molecular flexibility index (Phi) is 2.53. The summed E-state index contributed by atoms with van der Waals surface area (Å²) in [6.45, 7) is 3.88. The molecule has 1 aliphatic carbocycles. The van der Waals surface area contributed by atoms with Gasteiger partial charge in [0.2, 0.25) is 0 Å². The van der Waals surface area contributed by atoms with Crippen LogP contribution < -0.4 is 5.32 Å². The Morgan fingerprint density at radius 3 is 2.69 bits per heavy atom. The van der Waals surface area contributed by atoms with Crippen LogP contribution in [0, 0.1) is 17.0 Å². The van der Waals surface area contributed by atoms with E-state index in [9.17, 15) is 10.1 Å². The van der Waals surface area contributed by atoms with Crippen LogP contribution in [0.15, 0.2) is 12.3 Å². The van der Waals surface area contributed by atoms with Crippen LogP contribution in [0.25, 0.3) is 0 Å². The third kappa shape index (κ3) is 1.98. The predicted molar refractivity (Wildman–Crippen MR) is 61.5 cm³/mol. The van der Waals surface area contributed by atoms with Gasteiger partial charge in [-0.2, -0.15) is 0 Å². The first kappa shape index (κ1) is 10.9. The number of nitrogens with zero attached hydrogens (tertiary/aromatic N) is 2. The van der Waals surface area contributed by atoms with E-state index in [1.807, 2.05) is 0 Å². The summed E-state index contributed by atoms with van der Waals surface area (Å²) in [7, 11) is 0. The average Bonchev–Trinajstić information content (AvgIpc) is 2.14. The molecule has 0 radical (unpaired) electrons. The summed E-state index contributed by atoms with van der Waals surface area (Å²) in [5.41, 5.74) is 0.838. The van der Waals surface area contributed by atoms with Crippen LogP contribution in [0.4, 0.5) is 11.5 Å². The molecule has 1 aromatic rings. The van der Waals surface area contributed by atoms with E-state index in [0.29, 0.717) is 5.56 Å². The minimum Gasteiger partial charge on any atom is -0.365 e. The molecule has 0 aliphatic heterocycles. The first-order chi connectivity index (χ1) is 7.50. The topological polar surface area (TPSA) is 68.1 Å². The van der Waals surface area contributed by atoms with Crippen LogP contribution >= 0.6 is 0 Å². The van der Waals surface area contributed by atoms with Gasteiger partial charge < -0.3 is 5.32 Å². The molecule has 5 nitrogen and oxygen atoms in total. The maximum absolute atomic E-state index is 10.6. The summed E-state index contributed by atoms with van der Waals surface area (Å²) in [6.07, 6.45) is 4.81. The number of aryl methyl sites for hydroxylation is 1. The van der Waals surface area contributed by atoms with E-state index in [1.165, 1.54) is 12.6 Å². The molecule has 1 saturated carbocycles. The zero-order valence-electron chi connectivity index (χ0n) is 9.49. The van der Waals surface area contributed by atoms with Gasteiger partial charge in [-0.05, 0) is 39.2 Å². The standard InChI is InChI=1S/C11H15N3O2/c1-8-6-10(12-7-9(8)14(15)16)13-11(2)4-3-5-11/h6-7H,3-5H2,1-2H3,(H,12,13). The molecule has 16 heavy (non-hydrogen) atoms. The number of hydrogen-bond acceptors (Lipinski definition) is 4. The number of rotatable bonds is 3. The molecule has 1 aromatic heterocycles. The number of pyridine rings is 1. The maximum atomic E-state index is 10.6. The van der Waals surface area contributed by atoms with Crippen molar-refractivity contribution in [2.75, 3.05) is 5.32 Å². The van der Waals surface area contributed by atoms with E-state index in [4.69, 9.17) is 0 Å². The number of nitro groups is 1. The third-order valence-electron chi connectivity index (χ3n) is 3.17. The van der Waals surface area contributed by atoms with Crippen LogP contribution in [0.5, 0.6) is 0 Å². The summed E-state index contributed by atoms with van der Waals surface area (Å²) < 4.78 is 0. The fraction of sp³-hybridized carbons (Fsp3) is 0.545. The highest BCUT2D eigenvalue weighted by molar-refractivity contribution is 5.48. The van der Waals surface area contributed by atoms with E-state index in [1.54, 1.807) is 13.0 Å². The molecule has 0 unspecified atom stereocenters. The van der Waals surface area contributed by atoms with Crippen molar-refractivity contribution in [2.24, 2.45) is 0 Å². The molecular weight excluding hydrogens is 206 g/mol. The largest absolute Gasteiger partial charge is 0.365 e. The van der Waals surface area contributed by atoms with Crippen molar-refractivity contribution in [3.8, 4) is 0 Å². The number of nitrogens with one attached hydrogen (secondary N) is 1. The van der Waals surface area contributed by atoms with E-state index in [2.05, 4.69) is 17.2 Å². The molecule has 86 valence electrons. The number of anilines is 1. The van der Waals surface area contributed by atoms with Gasteiger partial charge in [-0.1, -0.05) is 0 Å². The maximum Gasteiger partial charge on any atom is 0.290 e. The molecule has 1 aliphatic rings. The lowest BCUT2D eigenvalue weighted by molar-refractivity contribution is -0.385. The lowest BCUT2D eigenvalue weighted by Crippen LogP contribution is -2.41. The SMILES string of the molecule is Cc1cc(NC2(C)CCC2)ncc1[N+](=O)[O-]. The van der Waals surface area contributed by atoms with Crippen molar-refractivity contribution in [3.63, 3.8) is 0 Å². The van der Waals surface area contributed by atoms with Gasteiger partial charge in [-0.3, -0.25) is 10.1 Å². The van der Waals surface area contributed by atoms with E-state index >= 15 is 0 Å². The highest BCUT2D eigenvalue weighted by Crippen LogP contribution is 2.34. The summed E-state index contributed by atoms with van der Waals surface area (Å²) in [5, 5.41) is 14.0. The molecule has 0 saturated heterocycles. The normalized spacial score (nSPS) is 17.6. The van der Waals surface area contributed by atoms with Crippen LogP contribution in [0.2, 0.25) is 0 Å². The van der Waals surface area contributed by atoms with Crippen LogP contribution in [-0.4, -0.2) is 15.4 Å². The monoisotopic (exact) mass is 221 g/mol. The highest BCUT2D eigenvalue weighted by Gasteiger charge is 2.31. The fourth-order valence-corrected chi connectivity index (χ4v) is 1.95. The smallest absolute Gasteiger partial charge is 0.290 e. The average molecular weight is 221 g/mol. The summed E-state index contributed by atoms with van der Waals surface area (Å²) in [5.74, 6) is 0.727. The number of aromatic nitrogens is 1. The van der Waals surface area contributed by atoms with Gasteiger partial charge in [0.15, 0.2) is 0 Å². The lowest BCUT2D eigenvalue weighted by atomic mass is 9.78. The van der Waals surface area contributed by atoms with Gasteiger partial charge in [0, 0.05) is 11.1 Å². The summed E-state index contributed by atoms with van der Waals surface area (Å²) >= 11 is 0. The van der Waals surface area contributed by atoms with Crippen molar-refractivity contribution < 1.29 is 4.92 Å². The van der Waals surface area contributed by atoms with Crippen molar-refractivity contribution in [1.82, 2.24) is 4.98 Å². The second kappa shape index (κ2) is 3.73. The summed E-state index contributed by atoms with van der Waals surface area (Å²) in [6, 6.07) is 1.74. The first-order valence-electron chi connectivity index (χ1n) is 5.39. The van der Waals surface area contributed by atoms with Crippen molar-refractivity contribution in [3.05, 3.63) is 27.9 Å². The molecule has 0 amide bonds. The molecule has 0 bridgehead atoms. The Morgan fingerprint density at radius 1 is 1.56 bits per heavy atom. The zero-order valence-corrected chi connectivity index (χ0v) is 9.49. The second-order valence-corrected chi connectivity index (χ2v) is 4.65. The molecule has 5 heteroatoms. The van der Waals surface area contributed by atoms with E-state index < -0.39 is 4.92 Å². The van der Waals surface area contributed by atoms with Crippen molar-refractivity contribution in [1.29, 1.82) is 0 Å². The van der Waals surface area contributed by atoms with Gasteiger partial charge in [0.05, 0.1) is 4.92 Å². The molecule has 1 fully saturated rings. The Balaban J connectivity index is 2.18. The third-order valence-corrected chi connectivity index (χ3v) is 3.17. The quantitative estimate of drug-likeness (QED) is 0.629. The minimum absolute atomic E-state index is 0.0734. The van der Waals surface area contributed by atoms with Crippen LogP contribution in [0.1, 0.15) is 31.7 Å². The summed E-state index contributed by atoms with van der Waals surface area (Å²) in [4.78, 5) is 14.3. The molecule has 0 spiro atoms. The fourth-order valence-electron chi connectivity index (χ4n) is 1.95. The van der Waals surface area contributed by atoms with Crippen LogP contribution in [-0.2, 0) is 0 Å². The predicted octanol–water partition coefficient (Wildman–Crippen LogP) is 2.65. The van der Waals surface area contributed by atoms with Gasteiger partial charge in [-0.25, -0.2) is 4.98 Å². The lowest BCUT2D eigenvalue weighted by Gasteiger charge is -2.39. The van der Waals surface area contributed by atoms with Gasteiger partial charge in [0.1, 0.15) is 12.0 Å². The first-order valence-corrected chi connectivity index (χ1v) is 5.39. The Hall–Kier alpha value is -1.65. The molecule has 0 atom stereocenters. The Morgan fingerprint density at radius 2 is 2.25 bits per heavy atom. The number of hydrogen-bond donors (Lipinski definition) is 1. The molecular formula is C11H15N3O2. The van der Waals surface area contributed by atoms with Crippen molar-refractivity contribution >= 4 is 11.5 Å². The van der Waals surface area contributed by atoms with Crippen LogP contribution in [0.3, 0.4) is 0 Å². The van der Waals surface area contributed by atoms with Crippen molar-refractivity contribution in [2.45, 2.75) is 38.6 Å². The highest BCUT2D eigenvalue weighted by atomic mass is 16.6. The zero-order chi connectivity index (χ0) is 11.8. The Labute approximate surface area is 94.0 Å². The van der Waals surface area contributed by atoms with Gasteiger partial charge >= 0.3 is 0 Å². The van der Waals surface area contributed by atoms with E-state index in [-0.39, 0.29) is 11.2 Å². The molecule has 0 aromatic carbocycles. The van der Waals surface area contributed by atoms with Gasteiger partial charge in [-0.15, -0.1) is 0 Å². The minimum atomic E-state index is -0.406. The van der Waals surface area contributed by atoms with E-state index in [0.717, 1.165) is 18.7 Å².